The van der Waals surface area contributed by atoms with Crippen LogP contribution in [0.15, 0.2) is 53.7 Å². The third-order valence-corrected chi connectivity index (χ3v) is 4.64. The number of nitrogens with one attached hydrogen (secondary N) is 1. The molecule has 1 aliphatic heterocycles. The van der Waals surface area contributed by atoms with E-state index in [4.69, 9.17) is 4.74 Å². The predicted molar refractivity (Wildman–Crippen MR) is 110 cm³/mol. The molecule has 148 valence electrons. The molecule has 1 aliphatic rings. The number of aliphatic imine (C=N–C) groups is 1. The molecule has 7 heteroatoms. The molecular weight excluding hydrogens is 354 g/mol. The number of carbonyl (C=O) groups is 1. The monoisotopic (exact) mass is 381 g/mol. The Kier molecular flexibility index (Phi) is 6.47. The van der Waals surface area contributed by atoms with Crippen molar-refractivity contribution in [2.45, 2.75) is 19.1 Å². The highest BCUT2D eigenvalue weighted by Gasteiger charge is 2.26. The fourth-order valence-corrected chi connectivity index (χ4v) is 3.14. The maximum Gasteiger partial charge on any atom is 0.253 e. The molecule has 28 heavy (non-hydrogen) atoms. The van der Waals surface area contributed by atoms with Gasteiger partial charge in [0.05, 0.1) is 6.54 Å². The van der Waals surface area contributed by atoms with E-state index in [1.54, 1.807) is 32.2 Å². The van der Waals surface area contributed by atoms with Gasteiger partial charge in [-0.25, -0.2) is 4.98 Å². The lowest BCUT2D eigenvalue weighted by molar-refractivity contribution is 0.0827. The Morgan fingerprint density at radius 3 is 2.71 bits per heavy atom. The lowest BCUT2D eigenvalue weighted by Crippen LogP contribution is -2.40. The van der Waals surface area contributed by atoms with Gasteiger partial charge in [-0.2, -0.15) is 0 Å². The average Bonchev–Trinajstić information content (AvgIpc) is 3.17. The van der Waals surface area contributed by atoms with Crippen molar-refractivity contribution < 1.29 is 9.53 Å². The van der Waals surface area contributed by atoms with E-state index in [2.05, 4.69) is 20.2 Å². The van der Waals surface area contributed by atoms with Crippen molar-refractivity contribution in [3.05, 3.63) is 59.8 Å². The number of nitrogens with zero attached hydrogens (tertiary/aromatic N) is 4. The Morgan fingerprint density at radius 1 is 1.29 bits per heavy atom. The number of benzene rings is 1. The molecule has 1 fully saturated rings. The Morgan fingerprint density at radius 2 is 2.07 bits per heavy atom. The first-order chi connectivity index (χ1) is 13.6. The number of ether oxygens (including phenoxy) is 1. The smallest absolute Gasteiger partial charge is 0.253 e. The van der Waals surface area contributed by atoms with Crippen LogP contribution in [0.4, 0.5) is 0 Å². The highest BCUT2D eigenvalue weighted by Crippen LogP contribution is 2.16. The van der Waals surface area contributed by atoms with Gasteiger partial charge < -0.3 is 19.9 Å². The standard InChI is InChI=1S/C21H27N5O2/c1-22-21(24-14-16-7-9-17(10-8-16)20(27)25(2)3)26-13-11-18(15-26)28-19-6-4-5-12-23-19/h4-10,12,18H,11,13-15H2,1-3H3,(H,22,24). The summed E-state index contributed by atoms with van der Waals surface area (Å²) in [6.45, 7) is 2.30. The van der Waals surface area contributed by atoms with E-state index in [1.807, 2.05) is 42.5 Å². The quantitative estimate of drug-likeness (QED) is 0.634. The molecular formula is C21H27N5O2. The van der Waals surface area contributed by atoms with E-state index in [0.717, 1.165) is 31.0 Å². The summed E-state index contributed by atoms with van der Waals surface area (Å²) in [6.07, 6.45) is 2.77. The summed E-state index contributed by atoms with van der Waals surface area (Å²) in [5.74, 6) is 1.51. The molecule has 1 amide bonds. The van der Waals surface area contributed by atoms with Gasteiger partial charge in [0.1, 0.15) is 6.10 Å². The van der Waals surface area contributed by atoms with Crippen LogP contribution in [0, 0.1) is 0 Å². The lowest BCUT2D eigenvalue weighted by Gasteiger charge is -2.21. The van der Waals surface area contributed by atoms with E-state index < -0.39 is 0 Å². The van der Waals surface area contributed by atoms with Crippen LogP contribution in [0.2, 0.25) is 0 Å². The molecule has 3 rings (SSSR count). The normalized spacial score (nSPS) is 16.8. The molecule has 2 aromatic rings. The number of aromatic nitrogens is 1. The summed E-state index contributed by atoms with van der Waals surface area (Å²) in [4.78, 5) is 24.4. The molecule has 0 aliphatic carbocycles. The average molecular weight is 381 g/mol. The number of guanidine groups is 1. The minimum Gasteiger partial charge on any atom is -0.472 e. The summed E-state index contributed by atoms with van der Waals surface area (Å²) in [5, 5.41) is 3.39. The highest BCUT2D eigenvalue weighted by molar-refractivity contribution is 5.93. The van der Waals surface area contributed by atoms with Crippen molar-refractivity contribution in [3.63, 3.8) is 0 Å². The minimum absolute atomic E-state index is 0.00586. The fraction of sp³-hybridized carbons (Fsp3) is 0.381. The van der Waals surface area contributed by atoms with Crippen molar-refractivity contribution in [1.82, 2.24) is 20.1 Å². The molecule has 0 bridgehead atoms. The van der Waals surface area contributed by atoms with Gasteiger partial charge in [0.25, 0.3) is 5.91 Å². The van der Waals surface area contributed by atoms with E-state index in [9.17, 15) is 4.79 Å². The molecule has 0 radical (unpaired) electrons. The van der Waals surface area contributed by atoms with E-state index in [0.29, 0.717) is 18.0 Å². The first kappa shape index (κ1) is 19.7. The summed E-state index contributed by atoms with van der Waals surface area (Å²) in [6, 6.07) is 13.3. The Bertz CT molecular complexity index is 805. The van der Waals surface area contributed by atoms with Gasteiger partial charge in [-0.05, 0) is 23.8 Å². The maximum atomic E-state index is 12.0. The molecule has 1 atom stereocenters. The first-order valence-electron chi connectivity index (χ1n) is 9.40. The zero-order valence-corrected chi connectivity index (χ0v) is 16.6. The first-order valence-corrected chi connectivity index (χ1v) is 9.40. The van der Waals surface area contributed by atoms with Crippen LogP contribution in [0.5, 0.6) is 5.88 Å². The Hall–Kier alpha value is -3.09. The zero-order valence-electron chi connectivity index (χ0n) is 16.6. The molecule has 1 N–H and O–H groups in total. The number of pyridine rings is 1. The molecule has 1 unspecified atom stereocenters. The van der Waals surface area contributed by atoms with Crippen molar-refractivity contribution in [2.75, 3.05) is 34.2 Å². The van der Waals surface area contributed by atoms with Gasteiger partial charge in [-0.3, -0.25) is 9.79 Å². The number of hydrogen-bond donors (Lipinski definition) is 1. The third-order valence-electron chi connectivity index (χ3n) is 4.64. The highest BCUT2D eigenvalue weighted by atomic mass is 16.5. The molecule has 0 spiro atoms. The maximum absolute atomic E-state index is 12.0. The lowest BCUT2D eigenvalue weighted by atomic mass is 10.1. The van der Waals surface area contributed by atoms with Crippen LogP contribution in [-0.2, 0) is 6.54 Å². The van der Waals surface area contributed by atoms with Crippen LogP contribution in [0.3, 0.4) is 0 Å². The molecule has 1 aromatic heterocycles. The molecule has 0 saturated carbocycles. The number of hydrogen-bond acceptors (Lipinski definition) is 4. The summed E-state index contributed by atoms with van der Waals surface area (Å²) in [5.41, 5.74) is 1.78. The summed E-state index contributed by atoms with van der Waals surface area (Å²) < 4.78 is 5.95. The fourth-order valence-electron chi connectivity index (χ4n) is 3.14. The van der Waals surface area contributed by atoms with Crippen LogP contribution in [0.25, 0.3) is 0 Å². The molecule has 2 heterocycles. The van der Waals surface area contributed by atoms with Gasteiger partial charge in [-0.1, -0.05) is 18.2 Å². The van der Waals surface area contributed by atoms with Gasteiger partial charge in [0, 0.05) is 58.5 Å². The summed E-state index contributed by atoms with van der Waals surface area (Å²) in [7, 11) is 5.29. The van der Waals surface area contributed by atoms with E-state index in [-0.39, 0.29) is 12.0 Å². The SMILES string of the molecule is CN=C(NCc1ccc(C(=O)N(C)C)cc1)N1CCC(Oc2ccccn2)C1. The third kappa shape index (κ3) is 5.00. The topological polar surface area (TPSA) is 70.1 Å². The van der Waals surface area contributed by atoms with E-state index in [1.165, 1.54) is 0 Å². The zero-order chi connectivity index (χ0) is 19.9. The number of carbonyl (C=O) groups excluding carboxylic acids is 1. The van der Waals surface area contributed by atoms with Gasteiger partial charge in [0.15, 0.2) is 5.96 Å². The Balaban J connectivity index is 1.52. The predicted octanol–water partition coefficient (Wildman–Crippen LogP) is 2.01. The summed E-state index contributed by atoms with van der Waals surface area (Å²) >= 11 is 0. The van der Waals surface area contributed by atoms with Crippen LogP contribution < -0.4 is 10.1 Å². The molecule has 7 nitrogen and oxygen atoms in total. The second kappa shape index (κ2) is 9.21. The minimum atomic E-state index is 0.00586. The van der Waals surface area contributed by atoms with Gasteiger partial charge >= 0.3 is 0 Å². The van der Waals surface area contributed by atoms with E-state index >= 15 is 0 Å². The van der Waals surface area contributed by atoms with Crippen molar-refractivity contribution in [1.29, 1.82) is 0 Å². The van der Waals surface area contributed by atoms with Crippen LogP contribution >= 0.6 is 0 Å². The van der Waals surface area contributed by atoms with Crippen molar-refractivity contribution in [3.8, 4) is 5.88 Å². The molecule has 1 aromatic carbocycles. The second-order valence-electron chi connectivity index (χ2n) is 6.94. The number of rotatable bonds is 5. The number of amides is 1. The van der Waals surface area contributed by atoms with Crippen molar-refractivity contribution >= 4 is 11.9 Å². The van der Waals surface area contributed by atoms with Crippen molar-refractivity contribution in [2.24, 2.45) is 4.99 Å². The second-order valence-corrected chi connectivity index (χ2v) is 6.94. The number of likely N-dealkylation sites (tertiary alicyclic amines) is 1. The Labute approximate surface area is 166 Å². The van der Waals surface area contributed by atoms with Crippen LogP contribution in [-0.4, -0.2) is 67.0 Å². The molecule has 1 saturated heterocycles. The van der Waals surface area contributed by atoms with Crippen LogP contribution in [0.1, 0.15) is 22.3 Å². The van der Waals surface area contributed by atoms with Gasteiger partial charge in [-0.15, -0.1) is 0 Å². The van der Waals surface area contributed by atoms with Gasteiger partial charge in [0.2, 0.25) is 5.88 Å². The largest absolute Gasteiger partial charge is 0.472 e.